The summed E-state index contributed by atoms with van der Waals surface area (Å²) < 4.78 is 27.8. The van der Waals surface area contributed by atoms with Crippen molar-refractivity contribution in [2.75, 3.05) is 24.5 Å². The molecule has 2 aliphatic heterocycles. The van der Waals surface area contributed by atoms with Gasteiger partial charge < -0.3 is 20.0 Å². The Bertz CT molecular complexity index is 958. The van der Waals surface area contributed by atoms with E-state index < -0.39 is 41.8 Å². The van der Waals surface area contributed by atoms with Gasteiger partial charge in [-0.15, -0.1) is 0 Å². The van der Waals surface area contributed by atoms with E-state index in [4.69, 9.17) is 0 Å². The highest BCUT2D eigenvalue weighted by Gasteiger charge is 2.34. The number of β-amino-alcohol motifs (C(OH)–C–C–N with tert-alkyl or cyclic N) is 2. The van der Waals surface area contributed by atoms with Crippen LogP contribution >= 0.6 is 0 Å². The van der Waals surface area contributed by atoms with Crippen molar-refractivity contribution < 1.29 is 28.6 Å². The number of likely N-dealkylation sites (tertiary alicyclic amines) is 1. The Labute approximate surface area is 170 Å². The summed E-state index contributed by atoms with van der Waals surface area (Å²) in [5, 5.41) is 27.8. The minimum absolute atomic E-state index is 0.0518. The number of nitrogens with one attached hydrogen (secondary N) is 2. The van der Waals surface area contributed by atoms with Crippen LogP contribution in [0.15, 0.2) is 24.3 Å². The molecule has 0 bridgehead atoms. The number of rotatable bonds is 3. The summed E-state index contributed by atoms with van der Waals surface area (Å²) in [7, 11) is 0. The van der Waals surface area contributed by atoms with Gasteiger partial charge in [0.15, 0.2) is 5.69 Å². The lowest BCUT2D eigenvalue weighted by Gasteiger charge is -2.25. The number of anilines is 1. The average Bonchev–Trinajstić information content (AvgIpc) is 3.44. The lowest BCUT2D eigenvalue weighted by Crippen LogP contribution is -2.42. The molecule has 9 nitrogen and oxygen atoms in total. The van der Waals surface area contributed by atoms with E-state index in [9.17, 15) is 28.6 Å². The van der Waals surface area contributed by atoms with Crippen molar-refractivity contribution in [3.63, 3.8) is 0 Å². The number of aromatic amines is 1. The van der Waals surface area contributed by atoms with Crippen LogP contribution in [0, 0.1) is 11.6 Å². The van der Waals surface area contributed by atoms with Gasteiger partial charge in [0.05, 0.1) is 31.3 Å². The summed E-state index contributed by atoms with van der Waals surface area (Å²) in [4.78, 5) is 27.4. The van der Waals surface area contributed by atoms with Crippen molar-refractivity contribution in [1.82, 2.24) is 20.4 Å². The predicted molar refractivity (Wildman–Crippen MR) is 101 cm³/mol. The summed E-state index contributed by atoms with van der Waals surface area (Å²) >= 11 is 0. The molecular formula is C19H21F2N5O4. The Morgan fingerprint density at radius 3 is 2.63 bits per heavy atom. The molecule has 2 aliphatic rings. The lowest BCUT2D eigenvalue weighted by molar-refractivity contribution is 0.0572. The first kappa shape index (κ1) is 20.2. The lowest BCUT2D eigenvalue weighted by atomic mass is 10.0. The second-order valence-electron chi connectivity index (χ2n) is 7.45. The molecule has 2 fully saturated rings. The number of aromatic nitrogens is 2. The van der Waals surface area contributed by atoms with Gasteiger partial charge in [-0.25, -0.2) is 13.6 Å². The van der Waals surface area contributed by atoms with Gasteiger partial charge in [-0.05, 0) is 31.0 Å². The molecule has 160 valence electrons. The Balaban J connectivity index is 1.46. The number of aliphatic hydroxyl groups is 2. The number of benzene rings is 1. The number of imide groups is 1. The summed E-state index contributed by atoms with van der Waals surface area (Å²) in [6, 6.07) is 3.59. The Kier molecular flexibility index (Phi) is 5.39. The molecular weight excluding hydrogens is 400 g/mol. The second-order valence-corrected chi connectivity index (χ2v) is 7.45. The van der Waals surface area contributed by atoms with Crippen LogP contribution in [0.2, 0.25) is 0 Å². The summed E-state index contributed by atoms with van der Waals surface area (Å²) in [5.74, 6) is -1.35. The molecule has 1 aromatic heterocycles. The molecule has 30 heavy (non-hydrogen) atoms. The molecule has 4 rings (SSSR count). The van der Waals surface area contributed by atoms with Gasteiger partial charge in [0.2, 0.25) is 0 Å². The fourth-order valence-corrected chi connectivity index (χ4v) is 3.90. The monoisotopic (exact) mass is 421 g/mol. The smallest absolute Gasteiger partial charge is 0.324 e. The zero-order valence-electron chi connectivity index (χ0n) is 15.9. The van der Waals surface area contributed by atoms with Gasteiger partial charge in [0.1, 0.15) is 17.5 Å². The van der Waals surface area contributed by atoms with E-state index in [-0.39, 0.29) is 24.3 Å². The number of urea groups is 1. The normalized spacial score (nSPS) is 23.8. The molecule has 3 heterocycles. The van der Waals surface area contributed by atoms with Crippen molar-refractivity contribution in [2.45, 2.75) is 31.1 Å². The van der Waals surface area contributed by atoms with Crippen molar-refractivity contribution in [3.8, 4) is 0 Å². The van der Waals surface area contributed by atoms with E-state index >= 15 is 0 Å². The molecule has 1 aromatic carbocycles. The average molecular weight is 421 g/mol. The number of nitrogens with zero attached hydrogens (tertiary/aromatic N) is 3. The number of hydrogen-bond donors (Lipinski definition) is 4. The third-order valence-corrected chi connectivity index (χ3v) is 5.44. The number of aliphatic hydroxyl groups excluding tert-OH is 2. The van der Waals surface area contributed by atoms with Crippen LogP contribution in [-0.4, -0.2) is 69.1 Å². The highest BCUT2D eigenvalue weighted by molar-refractivity contribution is 6.03. The van der Waals surface area contributed by atoms with E-state index in [1.54, 1.807) is 4.90 Å². The van der Waals surface area contributed by atoms with Gasteiger partial charge in [-0.1, -0.05) is 0 Å². The van der Waals surface area contributed by atoms with Gasteiger partial charge in [0, 0.05) is 18.2 Å². The van der Waals surface area contributed by atoms with Crippen molar-refractivity contribution in [1.29, 1.82) is 0 Å². The Morgan fingerprint density at radius 1 is 1.17 bits per heavy atom. The zero-order chi connectivity index (χ0) is 21.4. The van der Waals surface area contributed by atoms with Crippen LogP contribution in [-0.2, 0) is 0 Å². The first-order valence-electron chi connectivity index (χ1n) is 9.57. The van der Waals surface area contributed by atoms with Crippen LogP contribution in [0.5, 0.6) is 0 Å². The minimum Gasteiger partial charge on any atom is -0.388 e. The van der Waals surface area contributed by atoms with E-state index in [1.807, 2.05) is 0 Å². The van der Waals surface area contributed by atoms with Crippen LogP contribution in [0.1, 0.15) is 34.9 Å². The van der Waals surface area contributed by atoms with Crippen LogP contribution in [0.25, 0.3) is 0 Å². The Morgan fingerprint density at radius 2 is 1.90 bits per heavy atom. The standard InChI is InChI=1S/C19H21F2N5O4/c20-10-3-4-12(21)11(6-10)14-2-1-5-26(14)17-7-13(23-24-17)18(29)22-19(30)25-8-15(27)16(28)9-25/h3-4,6-7,14-16,27-28H,1-2,5,8-9H2,(H,23,24)(H,22,29,30)/t14-,15-,16-/m1/s1. The highest BCUT2D eigenvalue weighted by Crippen LogP contribution is 2.36. The highest BCUT2D eigenvalue weighted by atomic mass is 19.1. The molecule has 0 radical (unpaired) electrons. The van der Waals surface area contributed by atoms with Gasteiger partial charge in [-0.3, -0.25) is 15.2 Å². The molecule has 0 aliphatic carbocycles. The van der Waals surface area contributed by atoms with E-state index in [0.717, 1.165) is 23.5 Å². The maximum absolute atomic E-state index is 14.2. The molecule has 0 saturated carbocycles. The maximum atomic E-state index is 14.2. The fraction of sp³-hybridized carbons (Fsp3) is 0.421. The number of H-pyrrole nitrogens is 1. The molecule has 11 heteroatoms. The zero-order valence-corrected chi connectivity index (χ0v) is 15.9. The topological polar surface area (TPSA) is 122 Å². The summed E-state index contributed by atoms with van der Waals surface area (Å²) in [6.45, 7) is 0.397. The van der Waals surface area contributed by atoms with Crippen LogP contribution < -0.4 is 10.2 Å². The molecule has 2 saturated heterocycles. The molecule has 0 spiro atoms. The number of hydrogen-bond acceptors (Lipinski definition) is 6. The number of amides is 3. The molecule has 2 aromatic rings. The maximum Gasteiger partial charge on any atom is 0.324 e. The number of carbonyl (C=O) groups excluding carboxylic acids is 2. The Hall–Kier alpha value is -3.05. The number of carbonyl (C=O) groups is 2. The van der Waals surface area contributed by atoms with E-state index in [1.165, 1.54) is 12.1 Å². The van der Waals surface area contributed by atoms with Crippen molar-refractivity contribution >= 4 is 17.8 Å². The minimum atomic E-state index is -1.06. The molecule has 0 unspecified atom stereocenters. The molecule has 4 N–H and O–H groups in total. The molecule has 3 atom stereocenters. The largest absolute Gasteiger partial charge is 0.388 e. The van der Waals surface area contributed by atoms with Crippen molar-refractivity contribution in [2.24, 2.45) is 0 Å². The first-order valence-corrected chi connectivity index (χ1v) is 9.57. The van der Waals surface area contributed by atoms with Crippen LogP contribution in [0.4, 0.5) is 19.4 Å². The van der Waals surface area contributed by atoms with Gasteiger partial charge in [-0.2, -0.15) is 5.10 Å². The number of halogens is 2. The summed E-state index contributed by atoms with van der Waals surface area (Å²) in [5.41, 5.74) is 0.179. The predicted octanol–water partition coefficient (Wildman–Crippen LogP) is 0.917. The van der Waals surface area contributed by atoms with Gasteiger partial charge in [0.25, 0.3) is 5.91 Å². The third kappa shape index (κ3) is 3.85. The van der Waals surface area contributed by atoms with E-state index in [2.05, 4.69) is 15.5 Å². The third-order valence-electron chi connectivity index (χ3n) is 5.44. The molecule has 3 amide bonds. The quantitative estimate of drug-likeness (QED) is 0.585. The first-order chi connectivity index (χ1) is 14.3. The van der Waals surface area contributed by atoms with Gasteiger partial charge >= 0.3 is 6.03 Å². The fourth-order valence-electron chi connectivity index (χ4n) is 3.90. The summed E-state index contributed by atoms with van der Waals surface area (Å²) in [6.07, 6.45) is -0.755. The SMILES string of the molecule is O=C(NC(=O)N1C[C@@H](O)[C@H](O)C1)c1cc(N2CCC[C@@H]2c2cc(F)ccc2F)[nH]n1. The van der Waals surface area contributed by atoms with E-state index in [0.29, 0.717) is 18.8 Å². The van der Waals surface area contributed by atoms with Crippen molar-refractivity contribution in [3.05, 3.63) is 47.2 Å². The second kappa shape index (κ2) is 8.00. The van der Waals surface area contributed by atoms with Crippen LogP contribution in [0.3, 0.4) is 0 Å².